The van der Waals surface area contributed by atoms with Crippen LogP contribution in [0.25, 0.3) is 0 Å². The summed E-state index contributed by atoms with van der Waals surface area (Å²) in [6.45, 7) is 10.8. The van der Waals surface area contributed by atoms with Crippen LogP contribution in [0, 0.1) is 29.0 Å². The van der Waals surface area contributed by atoms with Crippen LogP contribution in [0.2, 0.25) is 0 Å². The van der Waals surface area contributed by atoms with Crippen molar-refractivity contribution in [2.75, 3.05) is 11.9 Å². The first-order chi connectivity index (χ1) is 16.9. The summed E-state index contributed by atoms with van der Waals surface area (Å²) in [6, 6.07) is 9.18. The highest BCUT2D eigenvalue weighted by Gasteiger charge is 2.45. The van der Waals surface area contributed by atoms with Crippen molar-refractivity contribution in [3.8, 4) is 0 Å². The highest BCUT2D eigenvalue weighted by atomic mass is 19.1. The van der Waals surface area contributed by atoms with Gasteiger partial charge in [-0.1, -0.05) is 46.8 Å². The quantitative estimate of drug-likeness (QED) is 0.453. The van der Waals surface area contributed by atoms with E-state index in [0.717, 1.165) is 24.8 Å². The molecule has 1 aromatic carbocycles. The molecule has 0 bridgehead atoms. The first kappa shape index (κ1) is 27.8. The van der Waals surface area contributed by atoms with Gasteiger partial charge in [0.05, 0.1) is 6.04 Å². The van der Waals surface area contributed by atoms with E-state index in [4.69, 9.17) is 5.73 Å². The Hall–Kier alpha value is -2.80. The second-order valence-electron chi connectivity index (χ2n) is 11.8. The smallest absolute Gasteiger partial charge is 0.237 e. The molecule has 2 amide bonds. The molecule has 1 aliphatic rings. The average molecular weight is 497 g/mol. The Kier molecular flexibility index (Phi) is 8.88. The van der Waals surface area contributed by atoms with Crippen LogP contribution in [0.15, 0.2) is 48.8 Å². The summed E-state index contributed by atoms with van der Waals surface area (Å²) in [7, 11) is 0. The molecule has 1 aromatic heterocycles. The summed E-state index contributed by atoms with van der Waals surface area (Å²) < 4.78 is 13.3. The maximum Gasteiger partial charge on any atom is 0.237 e. The normalized spacial score (nSPS) is 23.2. The second kappa shape index (κ2) is 11.5. The van der Waals surface area contributed by atoms with Crippen molar-refractivity contribution in [1.29, 1.82) is 0 Å². The zero-order chi connectivity index (χ0) is 26.5. The van der Waals surface area contributed by atoms with Gasteiger partial charge in [0.15, 0.2) is 0 Å². The van der Waals surface area contributed by atoms with Gasteiger partial charge < -0.3 is 16.4 Å². The Bertz CT molecular complexity index is 1030. The second-order valence-corrected chi connectivity index (χ2v) is 11.8. The zero-order valence-corrected chi connectivity index (χ0v) is 22.2. The Balaban J connectivity index is 1.70. The van der Waals surface area contributed by atoms with Gasteiger partial charge in [0, 0.05) is 35.5 Å². The monoisotopic (exact) mass is 496 g/mol. The largest absolute Gasteiger partial charge is 0.354 e. The third kappa shape index (κ3) is 7.12. The number of rotatable bonds is 9. The minimum atomic E-state index is -0.711. The molecule has 0 radical (unpaired) electrons. The van der Waals surface area contributed by atoms with Crippen molar-refractivity contribution in [2.45, 2.75) is 71.8 Å². The standard InChI is InChI=1S/C29H41FN4O2/c1-19(2)14-20-15-21(17-29(5,16-20)27(36)34-24-10-12-32-13-11-24)25(31)26(35)33-18-28(3,4)22-6-8-23(30)9-7-22/h6-13,19-21,25H,14-18,31H2,1-5H3,(H,33,35)(H,32,34,36). The van der Waals surface area contributed by atoms with E-state index in [1.165, 1.54) is 12.1 Å². The number of carbonyl (C=O) groups is 2. The molecule has 2 aromatic rings. The van der Waals surface area contributed by atoms with Gasteiger partial charge in [-0.25, -0.2) is 4.39 Å². The van der Waals surface area contributed by atoms with E-state index < -0.39 is 11.5 Å². The van der Waals surface area contributed by atoms with Crippen LogP contribution >= 0.6 is 0 Å². The molecule has 0 aliphatic heterocycles. The molecule has 0 spiro atoms. The van der Waals surface area contributed by atoms with E-state index in [0.29, 0.717) is 30.5 Å². The zero-order valence-electron chi connectivity index (χ0n) is 22.2. The molecule has 4 unspecified atom stereocenters. The number of anilines is 1. The van der Waals surface area contributed by atoms with Crippen LogP contribution in [-0.4, -0.2) is 29.4 Å². The average Bonchev–Trinajstić information content (AvgIpc) is 2.82. The third-order valence-electron chi connectivity index (χ3n) is 7.52. The van der Waals surface area contributed by atoms with E-state index in [2.05, 4.69) is 29.5 Å². The predicted octanol–water partition coefficient (Wildman–Crippen LogP) is 5.05. The predicted molar refractivity (Wildman–Crippen MR) is 142 cm³/mol. The van der Waals surface area contributed by atoms with Gasteiger partial charge in [0.2, 0.25) is 11.8 Å². The number of hydrogen-bond acceptors (Lipinski definition) is 4. The van der Waals surface area contributed by atoms with Crippen LogP contribution in [-0.2, 0) is 15.0 Å². The molecule has 1 saturated carbocycles. The molecular formula is C29H41FN4O2. The molecular weight excluding hydrogens is 455 g/mol. The maximum absolute atomic E-state index is 13.4. The van der Waals surface area contributed by atoms with Gasteiger partial charge in [-0.3, -0.25) is 14.6 Å². The van der Waals surface area contributed by atoms with Crippen molar-refractivity contribution < 1.29 is 14.0 Å². The molecule has 6 nitrogen and oxygen atoms in total. The molecule has 4 atom stereocenters. The molecule has 1 fully saturated rings. The van der Waals surface area contributed by atoms with Crippen LogP contribution in [0.5, 0.6) is 0 Å². The van der Waals surface area contributed by atoms with Crippen molar-refractivity contribution in [1.82, 2.24) is 10.3 Å². The number of nitrogens with zero attached hydrogens (tertiary/aromatic N) is 1. The highest BCUT2D eigenvalue weighted by molar-refractivity contribution is 5.95. The van der Waals surface area contributed by atoms with Gasteiger partial charge >= 0.3 is 0 Å². The number of pyridine rings is 1. The molecule has 196 valence electrons. The lowest BCUT2D eigenvalue weighted by atomic mass is 9.62. The summed E-state index contributed by atoms with van der Waals surface area (Å²) in [5, 5.41) is 6.05. The van der Waals surface area contributed by atoms with Gasteiger partial charge in [-0.15, -0.1) is 0 Å². The topological polar surface area (TPSA) is 97.1 Å². The van der Waals surface area contributed by atoms with Crippen LogP contribution in [0.1, 0.15) is 65.9 Å². The summed E-state index contributed by atoms with van der Waals surface area (Å²) in [4.78, 5) is 30.6. The van der Waals surface area contributed by atoms with Gasteiger partial charge in [0.25, 0.3) is 0 Å². The number of hydrogen-bond donors (Lipinski definition) is 3. The molecule has 3 rings (SSSR count). The number of amides is 2. The van der Waals surface area contributed by atoms with E-state index >= 15 is 0 Å². The van der Waals surface area contributed by atoms with Crippen molar-refractivity contribution >= 4 is 17.5 Å². The Labute approximate surface area is 214 Å². The van der Waals surface area contributed by atoms with E-state index in [9.17, 15) is 14.0 Å². The molecule has 7 heteroatoms. The van der Waals surface area contributed by atoms with E-state index in [1.807, 2.05) is 20.8 Å². The van der Waals surface area contributed by atoms with Crippen LogP contribution in [0.4, 0.5) is 10.1 Å². The van der Waals surface area contributed by atoms with Crippen molar-refractivity contribution in [3.05, 3.63) is 60.2 Å². The summed E-state index contributed by atoms with van der Waals surface area (Å²) in [6.07, 6.45) is 6.43. The molecule has 1 heterocycles. The van der Waals surface area contributed by atoms with Gasteiger partial charge in [0.1, 0.15) is 5.82 Å². The lowest BCUT2D eigenvalue weighted by Crippen LogP contribution is -2.52. The summed E-state index contributed by atoms with van der Waals surface area (Å²) >= 11 is 0. The van der Waals surface area contributed by atoms with Crippen molar-refractivity contribution in [2.24, 2.45) is 28.9 Å². The number of halogens is 1. The van der Waals surface area contributed by atoms with E-state index in [-0.39, 0.29) is 29.0 Å². The molecule has 36 heavy (non-hydrogen) atoms. The summed E-state index contributed by atoms with van der Waals surface area (Å²) in [5.41, 5.74) is 7.19. The van der Waals surface area contributed by atoms with Crippen LogP contribution < -0.4 is 16.4 Å². The maximum atomic E-state index is 13.4. The fraction of sp³-hybridized carbons (Fsp3) is 0.552. The SMILES string of the molecule is CC(C)CC1CC(C(N)C(=O)NCC(C)(C)c2ccc(F)cc2)CC(C)(C(=O)Nc2ccncc2)C1. The van der Waals surface area contributed by atoms with Gasteiger partial charge in [-0.2, -0.15) is 0 Å². The molecule has 0 saturated heterocycles. The number of benzene rings is 1. The Morgan fingerprint density at radius 1 is 1.14 bits per heavy atom. The number of aromatic nitrogens is 1. The lowest BCUT2D eigenvalue weighted by molar-refractivity contribution is -0.131. The molecule has 1 aliphatic carbocycles. The van der Waals surface area contributed by atoms with Gasteiger partial charge in [-0.05, 0) is 73.3 Å². The lowest BCUT2D eigenvalue weighted by Gasteiger charge is -2.43. The molecule has 4 N–H and O–H groups in total. The minimum absolute atomic E-state index is 0.0443. The first-order valence-corrected chi connectivity index (χ1v) is 12.9. The third-order valence-corrected chi connectivity index (χ3v) is 7.52. The Morgan fingerprint density at radius 2 is 1.78 bits per heavy atom. The van der Waals surface area contributed by atoms with Crippen molar-refractivity contribution in [3.63, 3.8) is 0 Å². The fourth-order valence-electron chi connectivity index (χ4n) is 5.56. The minimum Gasteiger partial charge on any atom is -0.354 e. The number of carbonyl (C=O) groups excluding carboxylic acids is 2. The van der Waals surface area contributed by atoms with E-state index in [1.54, 1.807) is 36.7 Å². The number of nitrogens with two attached hydrogens (primary N) is 1. The highest BCUT2D eigenvalue weighted by Crippen LogP contribution is 2.46. The number of nitrogens with one attached hydrogen (secondary N) is 2. The fourth-order valence-corrected chi connectivity index (χ4v) is 5.56. The summed E-state index contributed by atoms with van der Waals surface area (Å²) in [5.74, 6) is 0.151. The first-order valence-electron chi connectivity index (χ1n) is 12.9. The van der Waals surface area contributed by atoms with Crippen LogP contribution in [0.3, 0.4) is 0 Å². The Morgan fingerprint density at radius 3 is 2.39 bits per heavy atom.